The summed E-state index contributed by atoms with van der Waals surface area (Å²) in [7, 11) is 0. The molecule has 4 nitrogen and oxygen atoms in total. The predicted molar refractivity (Wildman–Crippen MR) is 79.7 cm³/mol. The van der Waals surface area contributed by atoms with Crippen LogP contribution < -0.4 is 16.8 Å². The summed E-state index contributed by atoms with van der Waals surface area (Å²) in [6, 6.07) is 9.62. The summed E-state index contributed by atoms with van der Waals surface area (Å²) in [5, 5.41) is 3.31. The topological polar surface area (TPSA) is 81.1 Å². The van der Waals surface area contributed by atoms with Gasteiger partial charge in [0.25, 0.3) is 5.91 Å². The minimum atomic E-state index is -0.358. The first-order valence-electron chi connectivity index (χ1n) is 5.39. The summed E-state index contributed by atoms with van der Waals surface area (Å²) in [6.07, 6.45) is 0. The number of benzene rings is 2. The number of hydrogen-bond acceptors (Lipinski definition) is 3. The minimum absolute atomic E-state index is 0.286. The Kier molecular flexibility index (Phi) is 3.83. The van der Waals surface area contributed by atoms with Crippen molar-refractivity contribution in [2.24, 2.45) is 0 Å². The first-order chi connectivity index (χ1) is 8.97. The number of nitrogen functional groups attached to an aromatic ring is 2. The van der Waals surface area contributed by atoms with Crippen molar-refractivity contribution < 1.29 is 4.79 Å². The smallest absolute Gasteiger partial charge is 0.255 e. The maximum absolute atomic E-state index is 12.1. The average molecular weight is 296 g/mol. The Morgan fingerprint density at radius 3 is 2.32 bits per heavy atom. The highest BCUT2D eigenvalue weighted by Crippen LogP contribution is 2.30. The lowest BCUT2D eigenvalue weighted by molar-refractivity contribution is 0.102. The molecule has 6 heteroatoms. The van der Waals surface area contributed by atoms with Crippen LogP contribution in [0.3, 0.4) is 0 Å². The molecule has 0 atom stereocenters. The molecule has 0 aliphatic carbocycles. The SMILES string of the molecule is Nc1cc(N)cc(C(=O)Nc2cccc(Cl)c2Cl)c1. The first kappa shape index (κ1) is 13.5. The first-order valence-corrected chi connectivity index (χ1v) is 6.14. The van der Waals surface area contributed by atoms with E-state index in [1.165, 1.54) is 12.1 Å². The van der Waals surface area contributed by atoms with Crippen molar-refractivity contribution in [2.45, 2.75) is 0 Å². The van der Waals surface area contributed by atoms with Crippen LogP contribution in [0.4, 0.5) is 17.1 Å². The predicted octanol–water partition coefficient (Wildman–Crippen LogP) is 3.41. The second-order valence-corrected chi connectivity index (χ2v) is 4.73. The number of anilines is 3. The van der Waals surface area contributed by atoms with Gasteiger partial charge in [-0.05, 0) is 30.3 Å². The standard InChI is InChI=1S/C13H11Cl2N3O/c14-10-2-1-3-11(12(10)15)18-13(19)7-4-8(16)6-9(17)5-7/h1-6H,16-17H2,(H,18,19). The van der Waals surface area contributed by atoms with Crippen LogP contribution in [0, 0.1) is 0 Å². The minimum Gasteiger partial charge on any atom is -0.399 e. The monoisotopic (exact) mass is 295 g/mol. The second kappa shape index (κ2) is 5.38. The van der Waals surface area contributed by atoms with Gasteiger partial charge in [0.1, 0.15) is 0 Å². The Morgan fingerprint density at radius 2 is 1.68 bits per heavy atom. The zero-order valence-electron chi connectivity index (χ0n) is 9.78. The number of halogens is 2. The molecule has 19 heavy (non-hydrogen) atoms. The van der Waals surface area contributed by atoms with Gasteiger partial charge >= 0.3 is 0 Å². The fourth-order valence-corrected chi connectivity index (χ4v) is 1.95. The fourth-order valence-electron chi connectivity index (χ4n) is 1.60. The molecule has 2 rings (SSSR count). The Hall–Kier alpha value is -1.91. The fraction of sp³-hybridized carbons (Fsp3) is 0. The van der Waals surface area contributed by atoms with E-state index in [1.807, 2.05) is 0 Å². The van der Waals surface area contributed by atoms with Gasteiger partial charge in [-0.15, -0.1) is 0 Å². The molecular weight excluding hydrogens is 285 g/mol. The maximum Gasteiger partial charge on any atom is 0.255 e. The van der Waals surface area contributed by atoms with E-state index in [0.29, 0.717) is 27.6 Å². The van der Waals surface area contributed by atoms with Crippen molar-refractivity contribution in [2.75, 3.05) is 16.8 Å². The Balaban J connectivity index is 2.28. The summed E-state index contributed by atoms with van der Waals surface area (Å²) < 4.78 is 0. The average Bonchev–Trinajstić information content (AvgIpc) is 2.33. The van der Waals surface area contributed by atoms with Crippen molar-refractivity contribution in [3.8, 4) is 0 Å². The molecule has 0 radical (unpaired) electrons. The third-order valence-corrected chi connectivity index (χ3v) is 3.26. The number of nitrogens with one attached hydrogen (secondary N) is 1. The molecule has 0 saturated heterocycles. The van der Waals surface area contributed by atoms with Gasteiger partial charge in [-0.2, -0.15) is 0 Å². The van der Waals surface area contributed by atoms with E-state index in [0.717, 1.165) is 0 Å². The van der Waals surface area contributed by atoms with Crippen molar-refractivity contribution in [1.29, 1.82) is 0 Å². The summed E-state index contributed by atoms with van der Waals surface area (Å²) >= 11 is 11.9. The third-order valence-electron chi connectivity index (χ3n) is 2.44. The molecule has 0 aliphatic rings. The molecule has 98 valence electrons. The van der Waals surface area contributed by atoms with Crippen molar-refractivity contribution in [1.82, 2.24) is 0 Å². The van der Waals surface area contributed by atoms with E-state index in [9.17, 15) is 4.79 Å². The zero-order chi connectivity index (χ0) is 14.0. The molecule has 0 aromatic heterocycles. The zero-order valence-corrected chi connectivity index (χ0v) is 11.3. The molecule has 0 spiro atoms. The van der Waals surface area contributed by atoms with E-state index in [-0.39, 0.29) is 10.9 Å². The highest BCUT2D eigenvalue weighted by atomic mass is 35.5. The lowest BCUT2D eigenvalue weighted by Gasteiger charge is -2.09. The summed E-state index contributed by atoms with van der Waals surface area (Å²) in [6.45, 7) is 0. The van der Waals surface area contributed by atoms with E-state index in [4.69, 9.17) is 34.7 Å². The van der Waals surface area contributed by atoms with Crippen LogP contribution >= 0.6 is 23.2 Å². The quantitative estimate of drug-likeness (QED) is 0.743. The summed E-state index contributed by atoms with van der Waals surface area (Å²) in [4.78, 5) is 12.1. The summed E-state index contributed by atoms with van der Waals surface area (Å²) in [5.41, 5.74) is 12.9. The van der Waals surface area contributed by atoms with Gasteiger partial charge in [0, 0.05) is 16.9 Å². The molecule has 2 aromatic carbocycles. The van der Waals surface area contributed by atoms with Crippen LogP contribution in [0.1, 0.15) is 10.4 Å². The number of carbonyl (C=O) groups excluding carboxylic acids is 1. The van der Waals surface area contributed by atoms with Gasteiger partial charge < -0.3 is 16.8 Å². The van der Waals surface area contributed by atoms with Crippen LogP contribution in [0.15, 0.2) is 36.4 Å². The molecule has 0 heterocycles. The second-order valence-electron chi connectivity index (χ2n) is 3.94. The summed E-state index contributed by atoms with van der Waals surface area (Å²) in [5.74, 6) is -0.358. The number of carbonyl (C=O) groups is 1. The van der Waals surface area contributed by atoms with Gasteiger partial charge in [0.2, 0.25) is 0 Å². The molecular formula is C13H11Cl2N3O. The Bertz CT molecular complexity index is 624. The number of rotatable bonds is 2. The van der Waals surface area contributed by atoms with Gasteiger partial charge in [0.15, 0.2) is 0 Å². The molecule has 0 aliphatic heterocycles. The van der Waals surface area contributed by atoms with E-state index < -0.39 is 0 Å². The van der Waals surface area contributed by atoms with Crippen LogP contribution in [0.2, 0.25) is 10.0 Å². The van der Waals surface area contributed by atoms with Gasteiger partial charge in [-0.25, -0.2) is 0 Å². The van der Waals surface area contributed by atoms with Crippen molar-refractivity contribution in [3.63, 3.8) is 0 Å². The van der Waals surface area contributed by atoms with Crippen LogP contribution in [-0.4, -0.2) is 5.91 Å². The van der Waals surface area contributed by atoms with Crippen LogP contribution in [0.5, 0.6) is 0 Å². The molecule has 0 unspecified atom stereocenters. The van der Waals surface area contributed by atoms with Crippen LogP contribution in [0.25, 0.3) is 0 Å². The molecule has 2 aromatic rings. The van der Waals surface area contributed by atoms with Crippen molar-refractivity contribution in [3.05, 3.63) is 52.0 Å². The lowest BCUT2D eigenvalue weighted by atomic mass is 10.1. The maximum atomic E-state index is 12.1. The molecule has 0 fully saturated rings. The van der Waals surface area contributed by atoms with E-state index in [2.05, 4.69) is 5.32 Å². The highest BCUT2D eigenvalue weighted by molar-refractivity contribution is 6.44. The number of amides is 1. The molecule has 5 N–H and O–H groups in total. The number of hydrogen-bond donors (Lipinski definition) is 3. The van der Waals surface area contributed by atoms with Crippen molar-refractivity contribution >= 4 is 46.2 Å². The van der Waals surface area contributed by atoms with Gasteiger partial charge in [-0.3, -0.25) is 4.79 Å². The molecule has 0 bridgehead atoms. The number of nitrogens with two attached hydrogens (primary N) is 2. The largest absolute Gasteiger partial charge is 0.399 e. The normalized spacial score (nSPS) is 10.2. The molecule has 1 amide bonds. The van der Waals surface area contributed by atoms with E-state index in [1.54, 1.807) is 24.3 Å². The van der Waals surface area contributed by atoms with Gasteiger partial charge in [0.05, 0.1) is 15.7 Å². The lowest BCUT2D eigenvalue weighted by Crippen LogP contribution is -2.13. The molecule has 0 saturated carbocycles. The Morgan fingerprint density at radius 1 is 1.05 bits per heavy atom. The highest BCUT2D eigenvalue weighted by Gasteiger charge is 2.11. The van der Waals surface area contributed by atoms with Gasteiger partial charge in [-0.1, -0.05) is 29.3 Å². The van der Waals surface area contributed by atoms with Crippen LogP contribution in [-0.2, 0) is 0 Å². The Labute approximate surface area is 120 Å². The third kappa shape index (κ3) is 3.10. The van der Waals surface area contributed by atoms with E-state index >= 15 is 0 Å².